The molecule has 1 aliphatic heterocycles. The Bertz CT molecular complexity index is 278. The molecule has 0 aromatic carbocycles. The van der Waals surface area contributed by atoms with E-state index in [2.05, 4.69) is 44.8 Å². The van der Waals surface area contributed by atoms with E-state index in [1.54, 1.807) is 0 Å². The Morgan fingerprint density at radius 1 is 1.00 bits per heavy atom. The van der Waals surface area contributed by atoms with Crippen molar-refractivity contribution in [3.05, 3.63) is 0 Å². The van der Waals surface area contributed by atoms with E-state index in [1.807, 2.05) is 0 Å². The first-order valence-corrected chi connectivity index (χ1v) is 8.53. The first-order valence-electron chi connectivity index (χ1n) is 8.53. The van der Waals surface area contributed by atoms with E-state index >= 15 is 0 Å². The summed E-state index contributed by atoms with van der Waals surface area (Å²) in [7, 11) is 0. The predicted octanol–water partition coefficient (Wildman–Crippen LogP) is 3.52. The van der Waals surface area contributed by atoms with Crippen LogP contribution in [0, 0.1) is 17.8 Å². The number of likely N-dealkylation sites (tertiary alicyclic amines) is 1. The van der Waals surface area contributed by atoms with Crippen molar-refractivity contribution in [2.75, 3.05) is 13.1 Å². The van der Waals surface area contributed by atoms with Gasteiger partial charge in [-0.15, -0.1) is 0 Å². The fraction of sp³-hybridized carbons (Fsp3) is 1.00. The van der Waals surface area contributed by atoms with Crippen molar-refractivity contribution in [2.24, 2.45) is 17.8 Å². The molecule has 1 saturated heterocycles. The lowest BCUT2D eigenvalue weighted by molar-refractivity contribution is 0.0158. The lowest BCUT2D eigenvalue weighted by Crippen LogP contribution is -2.57. The molecule has 0 radical (unpaired) electrons. The summed E-state index contributed by atoms with van der Waals surface area (Å²) in [5.74, 6) is 2.62. The van der Waals surface area contributed by atoms with E-state index < -0.39 is 0 Å². The van der Waals surface area contributed by atoms with Crippen LogP contribution in [0.25, 0.3) is 0 Å². The minimum Gasteiger partial charge on any atom is -0.314 e. The van der Waals surface area contributed by atoms with Crippen molar-refractivity contribution in [3.8, 4) is 0 Å². The van der Waals surface area contributed by atoms with E-state index in [0.29, 0.717) is 0 Å². The molecular formula is C17H34N2. The van der Waals surface area contributed by atoms with Crippen LogP contribution in [-0.4, -0.2) is 36.1 Å². The van der Waals surface area contributed by atoms with Crippen LogP contribution in [0.4, 0.5) is 0 Å². The SMILES string of the molecule is CCNC1CCN(C2CCC(C)C(C)C2)C(C)C1C. The van der Waals surface area contributed by atoms with Crippen LogP contribution < -0.4 is 5.32 Å². The molecular weight excluding hydrogens is 232 g/mol. The Morgan fingerprint density at radius 2 is 1.74 bits per heavy atom. The molecule has 6 unspecified atom stereocenters. The highest BCUT2D eigenvalue weighted by atomic mass is 15.2. The van der Waals surface area contributed by atoms with Gasteiger partial charge in [-0.05, 0) is 56.9 Å². The van der Waals surface area contributed by atoms with Gasteiger partial charge in [-0.1, -0.05) is 27.7 Å². The third-order valence-corrected chi connectivity index (χ3v) is 6.12. The number of nitrogens with zero attached hydrogens (tertiary/aromatic N) is 1. The van der Waals surface area contributed by atoms with Crippen LogP contribution in [0.15, 0.2) is 0 Å². The predicted molar refractivity (Wildman–Crippen MR) is 83.4 cm³/mol. The van der Waals surface area contributed by atoms with Gasteiger partial charge in [0.25, 0.3) is 0 Å². The summed E-state index contributed by atoms with van der Waals surface area (Å²) < 4.78 is 0. The zero-order chi connectivity index (χ0) is 14.0. The summed E-state index contributed by atoms with van der Waals surface area (Å²) in [6, 6.07) is 2.32. The van der Waals surface area contributed by atoms with Gasteiger partial charge < -0.3 is 5.32 Å². The van der Waals surface area contributed by atoms with Gasteiger partial charge in [0.15, 0.2) is 0 Å². The third-order valence-electron chi connectivity index (χ3n) is 6.12. The van der Waals surface area contributed by atoms with Gasteiger partial charge >= 0.3 is 0 Å². The van der Waals surface area contributed by atoms with Crippen molar-refractivity contribution >= 4 is 0 Å². The smallest absolute Gasteiger partial charge is 0.0120 e. The van der Waals surface area contributed by atoms with Crippen molar-refractivity contribution in [1.82, 2.24) is 10.2 Å². The van der Waals surface area contributed by atoms with Crippen molar-refractivity contribution < 1.29 is 0 Å². The molecule has 0 aromatic rings. The summed E-state index contributed by atoms with van der Waals surface area (Å²) in [5.41, 5.74) is 0. The molecule has 2 heteroatoms. The molecule has 6 atom stereocenters. The zero-order valence-corrected chi connectivity index (χ0v) is 13.7. The van der Waals surface area contributed by atoms with Crippen LogP contribution in [0.1, 0.15) is 60.3 Å². The van der Waals surface area contributed by atoms with Gasteiger partial charge in [-0.25, -0.2) is 0 Å². The number of piperidine rings is 1. The largest absolute Gasteiger partial charge is 0.314 e. The molecule has 1 aliphatic carbocycles. The lowest BCUT2D eigenvalue weighted by Gasteiger charge is -2.49. The number of rotatable bonds is 3. The van der Waals surface area contributed by atoms with E-state index in [9.17, 15) is 0 Å². The van der Waals surface area contributed by atoms with Gasteiger partial charge in [-0.3, -0.25) is 4.90 Å². The number of nitrogens with one attached hydrogen (secondary N) is 1. The molecule has 2 rings (SSSR count). The first-order chi connectivity index (χ1) is 9.04. The topological polar surface area (TPSA) is 15.3 Å². The fourth-order valence-corrected chi connectivity index (χ4v) is 4.28. The average molecular weight is 266 g/mol. The standard InChI is InChI=1S/C17H34N2/c1-6-18-17-9-10-19(15(5)14(17)4)16-8-7-12(2)13(3)11-16/h12-18H,6-11H2,1-5H3. The van der Waals surface area contributed by atoms with E-state index in [4.69, 9.17) is 0 Å². The maximum Gasteiger partial charge on any atom is 0.0120 e. The summed E-state index contributed by atoms with van der Waals surface area (Å²) in [6.07, 6.45) is 5.61. The van der Waals surface area contributed by atoms with Crippen LogP contribution in [0.3, 0.4) is 0 Å². The van der Waals surface area contributed by atoms with Crippen molar-refractivity contribution in [3.63, 3.8) is 0 Å². The number of hydrogen-bond donors (Lipinski definition) is 1. The first kappa shape index (κ1) is 15.3. The molecule has 0 spiro atoms. The van der Waals surface area contributed by atoms with Crippen molar-refractivity contribution in [2.45, 2.75) is 78.4 Å². The molecule has 112 valence electrons. The van der Waals surface area contributed by atoms with Gasteiger partial charge in [0.2, 0.25) is 0 Å². The van der Waals surface area contributed by atoms with Gasteiger partial charge in [0.1, 0.15) is 0 Å². The molecule has 1 saturated carbocycles. The molecule has 0 bridgehead atoms. The molecule has 1 N–H and O–H groups in total. The summed E-state index contributed by atoms with van der Waals surface area (Å²) in [6.45, 7) is 14.4. The average Bonchev–Trinajstić information content (AvgIpc) is 2.39. The zero-order valence-electron chi connectivity index (χ0n) is 13.7. The Balaban J connectivity index is 1.95. The molecule has 1 heterocycles. The van der Waals surface area contributed by atoms with Crippen LogP contribution in [0.2, 0.25) is 0 Å². The molecule has 2 fully saturated rings. The molecule has 19 heavy (non-hydrogen) atoms. The Kier molecular flexibility index (Phi) is 5.30. The molecule has 2 aliphatic rings. The van der Waals surface area contributed by atoms with Gasteiger partial charge in [0.05, 0.1) is 0 Å². The highest BCUT2D eigenvalue weighted by molar-refractivity contribution is 4.93. The molecule has 0 aromatic heterocycles. The normalized spacial score (nSPS) is 45.3. The Labute approximate surface area is 120 Å². The third kappa shape index (κ3) is 3.33. The highest BCUT2D eigenvalue weighted by Crippen LogP contribution is 2.35. The van der Waals surface area contributed by atoms with Crippen molar-refractivity contribution in [1.29, 1.82) is 0 Å². The van der Waals surface area contributed by atoms with E-state index in [1.165, 1.54) is 32.2 Å². The second-order valence-electron chi connectivity index (χ2n) is 7.21. The molecule has 2 nitrogen and oxygen atoms in total. The quantitative estimate of drug-likeness (QED) is 0.841. The van der Waals surface area contributed by atoms with Crippen LogP contribution in [-0.2, 0) is 0 Å². The monoisotopic (exact) mass is 266 g/mol. The summed E-state index contributed by atoms with van der Waals surface area (Å²) in [5, 5.41) is 3.68. The summed E-state index contributed by atoms with van der Waals surface area (Å²) in [4.78, 5) is 2.83. The Morgan fingerprint density at radius 3 is 2.37 bits per heavy atom. The maximum atomic E-state index is 3.68. The molecule has 0 amide bonds. The maximum absolute atomic E-state index is 3.68. The highest BCUT2D eigenvalue weighted by Gasteiger charge is 2.37. The van der Waals surface area contributed by atoms with E-state index in [0.717, 1.165) is 42.4 Å². The minimum absolute atomic E-state index is 0.733. The minimum atomic E-state index is 0.733. The van der Waals surface area contributed by atoms with Crippen LogP contribution in [0.5, 0.6) is 0 Å². The lowest BCUT2D eigenvalue weighted by atomic mass is 9.76. The summed E-state index contributed by atoms with van der Waals surface area (Å²) >= 11 is 0. The fourth-order valence-electron chi connectivity index (χ4n) is 4.28. The van der Waals surface area contributed by atoms with Gasteiger partial charge in [0, 0.05) is 24.7 Å². The Hall–Kier alpha value is -0.0800. The second-order valence-corrected chi connectivity index (χ2v) is 7.21. The van der Waals surface area contributed by atoms with Gasteiger partial charge in [-0.2, -0.15) is 0 Å². The second kappa shape index (κ2) is 6.58. The van der Waals surface area contributed by atoms with Crippen LogP contribution >= 0.6 is 0 Å². The van der Waals surface area contributed by atoms with E-state index in [-0.39, 0.29) is 0 Å². The number of hydrogen-bond acceptors (Lipinski definition) is 2.